The molecule has 2 amide bonds. The van der Waals surface area contributed by atoms with Crippen molar-refractivity contribution in [1.82, 2.24) is 10.6 Å². The number of nitrogens with one attached hydrogen (secondary N) is 2. The molecule has 2 aromatic carbocycles. The number of ether oxygens (including phenoxy) is 2. The Morgan fingerprint density at radius 3 is 2.27 bits per heavy atom. The van der Waals surface area contributed by atoms with Gasteiger partial charge in [-0.15, -0.1) is 0 Å². The first-order chi connectivity index (χ1) is 14.1. The molecule has 7 nitrogen and oxygen atoms in total. The number of amides is 2. The van der Waals surface area contributed by atoms with Crippen LogP contribution in [0.15, 0.2) is 48.5 Å². The SMILES string of the molecule is COc1ccc(C(=O)[C@@H]2[C@@H](c3ccccc3OC)NC(=O)N[C@]2(O)C(F)(F)F)cc1. The highest BCUT2D eigenvalue weighted by atomic mass is 19.4. The summed E-state index contributed by atoms with van der Waals surface area (Å²) in [5.74, 6) is -2.61. The van der Waals surface area contributed by atoms with Gasteiger partial charge < -0.3 is 25.2 Å². The molecule has 1 saturated heterocycles. The minimum Gasteiger partial charge on any atom is -0.497 e. The van der Waals surface area contributed by atoms with Crippen molar-refractivity contribution in [2.45, 2.75) is 17.9 Å². The first-order valence-corrected chi connectivity index (χ1v) is 8.81. The van der Waals surface area contributed by atoms with Crippen molar-refractivity contribution < 1.29 is 37.3 Å². The molecule has 3 atom stereocenters. The van der Waals surface area contributed by atoms with Crippen molar-refractivity contribution >= 4 is 11.8 Å². The number of hydrogen-bond acceptors (Lipinski definition) is 5. The summed E-state index contributed by atoms with van der Waals surface area (Å²) in [5.41, 5.74) is -3.79. The number of aliphatic hydroxyl groups is 1. The van der Waals surface area contributed by atoms with Gasteiger partial charge in [-0.1, -0.05) is 18.2 Å². The topological polar surface area (TPSA) is 96.9 Å². The van der Waals surface area contributed by atoms with Crippen LogP contribution in [0.4, 0.5) is 18.0 Å². The van der Waals surface area contributed by atoms with E-state index < -0.39 is 35.7 Å². The molecule has 0 unspecified atom stereocenters. The number of methoxy groups -OCH3 is 2. The van der Waals surface area contributed by atoms with E-state index in [0.29, 0.717) is 5.75 Å². The van der Waals surface area contributed by atoms with E-state index in [4.69, 9.17) is 9.47 Å². The van der Waals surface area contributed by atoms with Crippen molar-refractivity contribution in [2.75, 3.05) is 14.2 Å². The normalized spacial score (nSPS) is 23.9. The molecule has 3 rings (SSSR count). The Balaban J connectivity index is 2.17. The van der Waals surface area contributed by atoms with Gasteiger partial charge >= 0.3 is 12.2 Å². The molecule has 30 heavy (non-hydrogen) atoms. The molecular formula is C20H19F3N2O5. The number of para-hydroxylation sites is 1. The van der Waals surface area contributed by atoms with Gasteiger partial charge in [0.25, 0.3) is 0 Å². The van der Waals surface area contributed by atoms with Crippen LogP contribution in [-0.4, -0.2) is 43.0 Å². The molecule has 1 aliphatic rings. The van der Waals surface area contributed by atoms with Crippen LogP contribution in [0.3, 0.4) is 0 Å². The number of benzene rings is 2. The van der Waals surface area contributed by atoms with Crippen LogP contribution in [0.25, 0.3) is 0 Å². The quantitative estimate of drug-likeness (QED) is 0.642. The summed E-state index contributed by atoms with van der Waals surface area (Å²) in [6, 6.07) is 8.60. The molecule has 3 N–H and O–H groups in total. The number of alkyl halides is 3. The van der Waals surface area contributed by atoms with Crippen LogP contribution in [0.2, 0.25) is 0 Å². The number of Topliss-reactive ketones (excluding diaryl/α,β-unsaturated/α-hetero) is 1. The second kappa shape index (κ2) is 7.86. The van der Waals surface area contributed by atoms with E-state index in [0.717, 1.165) is 0 Å². The minimum absolute atomic E-state index is 0.0960. The van der Waals surface area contributed by atoms with Crippen LogP contribution < -0.4 is 20.1 Å². The molecule has 160 valence electrons. The lowest BCUT2D eigenvalue weighted by atomic mass is 9.77. The Morgan fingerprint density at radius 1 is 1.07 bits per heavy atom. The second-order valence-corrected chi connectivity index (χ2v) is 6.65. The number of carbonyl (C=O) groups excluding carboxylic acids is 2. The number of rotatable bonds is 5. The zero-order valence-electron chi connectivity index (χ0n) is 16.0. The van der Waals surface area contributed by atoms with Crippen molar-refractivity contribution in [3.8, 4) is 11.5 Å². The monoisotopic (exact) mass is 424 g/mol. The molecule has 0 aromatic heterocycles. The standard InChI is InChI=1S/C20H19F3N2O5/c1-29-12-9-7-11(8-10-12)17(26)15-16(13-5-3-4-6-14(13)30-2)24-18(27)25-19(15,28)20(21,22)23/h3-10,15-16,28H,1-2H3,(H2,24,25,27)/t15-,16+,19+/m0/s1. The molecule has 0 aliphatic carbocycles. The Labute approximate surface area is 169 Å². The Hall–Kier alpha value is -3.27. The summed E-state index contributed by atoms with van der Waals surface area (Å²) in [6.07, 6.45) is -5.34. The van der Waals surface area contributed by atoms with E-state index in [9.17, 15) is 27.9 Å². The van der Waals surface area contributed by atoms with Crippen LogP contribution in [0, 0.1) is 5.92 Å². The lowest BCUT2D eigenvalue weighted by Gasteiger charge is -2.45. The summed E-state index contributed by atoms with van der Waals surface area (Å²) in [5, 5.41) is 14.4. The van der Waals surface area contributed by atoms with E-state index in [1.165, 1.54) is 62.0 Å². The Morgan fingerprint density at radius 2 is 1.70 bits per heavy atom. The average molecular weight is 424 g/mol. The Bertz CT molecular complexity index is 948. The van der Waals surface area contributed by atoms with E-state index in [2.05, 4.69) is 5.32 Å². The van der Waals surface area contributed by atoms with Crippen LogP contribution in [-0.2, 0) is 0 Å². The molecule has 1 fully saturated rings. The third-order valence-electron chi connectivity index (χ3n) is 4.94. The molecule has 0 spiro atoms. The predicted octanol–water partition coefficient (Wildman–Crippen LogP) is 2.81. The van der Waals surface area contributed by atoms with Crippen LogP contribution >= 0.6 is 0 Å². The van der Waals surface area contributed by atoms with Gasteiger partial charge in [0.2, 0.25) is 5.72 Å². The number of ketones is 1. The first-order valence-electron chi connectivity index (χ1n) is 8.81. The minimum atomic E-state index is -5.34. The lowest BCUT2D eigenvalue weighted by Crippen LogP contribution is -2.72. The van der Waals surface area contributed by atoms with Gasteiger partial charge in [0.05, 0.1) is 20.3 Å². The summed E-state index contributed by atoms with van der Waals surface area (Å²) in [4.78, 5) is 25.3. The van der Waals surface area contributed by atoms with Gasteiger partial charge in [-0.25, -0.2) is 4.79 Å². The van der Waals surface area contributed by atoms with Crippen molar-refractivity contribution in [2.24, 2.45) is 5.92 Å². The zero-order chi connectivity index (χ0) is 22.1. The average Bonchev–Trinajstić information content (AvgIpc) is 2.72. The van der Waals surface area contributed by atoms with Crippen molar-refractivity contribution in [3.05, 3.63) is 59.7 Å². The summed E-state index contributed by atoms with van der Waals surface area (Å²) < 4.78 is 51.9. The third-order valence-corrected chi connectivity index (χ3v) is 4.94. The molecule has 10 heteroatoms. The molecular weight excluding hydrogens is 405 g/mol. The fraction of sp³-hybridized carbons (Fsp3) is 0.300. The van der Waals surface area contributed by atoms with Gasteiger partial charge in [0.15, 0.2) is 5.78 Å². The van der Waals surface area contributed by atoms with E-state index in [1.807, 2.05) is 0 Å². The number of hydrogen-bond donors (Lipinski definition) is 3. The lowest BCUT2D eigenvalue weighted by molar-refractivity contribution is -0.287. The fourth-order valence-electron chi connectivity index (χ4n) is 3.46. The zero-order valence-corrected chi connectivity index (χ0v) is 16.0. The molecule has 0 bridgehead atoms. The maximum Gasteiger partial charge on any atom is 0.437 e. The van der Waals surface area contributed by atoms with Crippen LogP contribution in [0.5, 0.6) is 11.5 Å². The smallest absolute Gasteiger partial charge is 0.437 e. The highest BCUT2D eigenvalue weighted by Gasteiger charge is 2.66. The maximum absolute atomic E-state index is 13.9. The summed E-state index contributed by atoms with van der Waals surface area (Å²) in [6.45, 7) is 0. The van der Waals surface area contributed by atoms with E-state index in [-0.39, 0.29) is 16.9 Å². The second-order valence-electron chi connectivity index (χ2n) is 6.65. The van der Waals surface area contributed by atoms with Gasteiger partial charge in [0, 0.05) is 11.1 Å². The van der Waals surface area contributed by atoms with E-state index in [1.54, 1.807) is 6.07 Å². The molecule has 1 aliphatic heterocycles. The molecule has 1 heterocycles. The van der Waals surface area contributed by atoms with Crippen LogP contribution in [0.1, 0.15) is 22.0 Å². The summed E-state index contributed by atoms with van der Waals surface area (Å²) in [7, 11) is 2.70. The van der Waals surface area contributed by atoms with Gasteiger partial charge in [-0.2, -0.15) is 13.2 Å². The third kappa shape index (κ3) is 3.65. The van der Waals surface area contributed by atoms with Gasteiger partial charge in [-0.05, 0) is 30.3 Å². The first kappa shape index (κ1) is 21.4. The van der Waals surface area contributed by atoms with E-state index >= 15 is 0 Å². The highest BCUT2D eigenvalue weighted by Crippen LogP contribution is 2.45. The van der Waals surface area contributed by atoms with Crippen molar-refractivity contribution in [3.63, 3.8) is 0 Å². The Kier molecular flexibility index (Phi) is 5.62. The van der Waals surface area contributed by atoms with Gasteiger partial charge in [-0.3, -0.25) is 4.79 Å². The number of urea groups is 1. The largest absolute Gasteiger partial charge is 0.497 e. The predicted molar refractivity (Wildman–Crippen MR) is 99.2 cm³/mol. The molecule has 0 radical (unpaired) electrons. The molecule has 2 aromatic rings. The van der Waals surface area contributed by atoms with Gasteiger partial charge in [0.1, 0.15) is 17.4 Å². The highest BCUT2D eigenvalue weighted by molar-refractivity contribution is 6.00. The number of halogens is 3. The van der Waals surface area contributed by atoms with Crippen molar-refractivity contribution in [1.29, 1.82) is 0 Å². The summed E-state index contributed by atoms with van der Waals surface area (Å²) >= 11 is 0. The maximum atomic E-state index is 13.9. The molecule has 0 saturated carbocycles. The number of carbonyl (C=O) groups is 2. The fourth-order valence-corrected chi connectivity index (χ4v) is 3.46.